The highest BCUT2D eigenvalue weighted by atomic mass is 19.2. The Balaban J connectivity index is 1.69. The zero-order valence-electron chi connectivity index (χ0n) is 15.0. The van der Waals surface area contributed by atoms with E-state index in [4.69, 9.17) is 9.47 Å². The molecule has 0 aromatic heterocycles. The van der Waals surface area contributed by atoms with Crippen LogP contribution < -0.4 is 0 Å². The molecule has 1 saturated carbocycles. The van der Waals surface area contributed by atoms with Crippen molar-refractivity contribution in [2.75, 3.05) is 6.61 Å². The smallest absolute Gasteiger partial charge is 0.160 e. The number of rotatable bonds is 8. The summed E-state index contributed by atoms with van der Waals surface area (Å²) in [5, 5.41) is 0. The third kappa shape index (κ3) is 5.38. The van der Waals surface area contributed by atoms with Crippen molar-refractivity contribution in [2.45, 2.75) is 103 Å². The van der Waals surface area contributed by atoms with E-state index >= 15 is 0 Å². The number of fused-ring (bicyclic) bond motifs is 1. The minimum absolute atomic E-state index is 0.0456. The summed E-state index contributed by atoms with van der Waals surface area (Å²) in [5.41, 5.74) is 0. The molecule has 0 aromatic rings. The topological polar surface area (TPSA) is 18.5 Å². The summed E-state index contributed by atoms with van der Waals surface area (Å²) in [6, 6.07) is 0. The predicted octanol–water partition coefficient (Wildman–Crippen LogP) is 5.24. The largest absolute Gasteiger partial charge is 0.375 e. The first-order valence-electron chi connectivity index (χ1n) is 9.58. The van der Waals surface area contributed by atoms with Crippen LogP contribution in [0.25, 0.3) is 0 Å². The highest BCUT2D eigenvalue weighted by Crippen LogP contribution is 2.39. The number of unbranched alkanes of at least 4 members (excludes halogenated alkanes) is 1. The summed E-state index contributed by atoms with van der Waals surface area (Å²) >= 11 is 0. The molecule has 2 nitrogen and oxygen atoms in total. The summed E-state index contributed by atoms with van der Waals surface area (Å²) in [7, 11) is 0. The Morgan fingerprint density at radius 1 is 1.13 bits per heavy atom. The molecule has 1 saturated heterocycles. The molecule has 1 aliphatic carbocycles. The second kappa shape index (κ2) is 9.31. The second-order valence-corrected chi connectivity index (χ2v) is 7.67. The van der Waals surface area contributed by atoms with E-state index in [9.17, 15) is 8.78 Å². The molecule has 0 radical (unpaired) electrons. The summed E-state index contributed by atoms with van der Waals surface area (Å²) in [4.78, 5) is 0. The lowest BCUT2D eigenvalue weighted by molar-refractivity contribution is -0.179. The van der Waals surface area contributed by atoms with Crippen molar-refractivity contribution in [3.63, 3.8) is 0 Å². The minimum atomic E-state index is -1.54. The number of halogens is 2. The first-order chi connectivity index (χ1) is 11.0. The maximum Gasteiger partial charge on any atom is 0.160 e. The number of alkyl halides is 2. The van der Waals surface area contributed by atoms with Gasteiger partial charge in [0.1, 0.15) is 0 Å². The highest BCUT2D eigenvalue weighted by molar-refractivity contribution is 4.97. The van der Waals surface area contributed by atoms with Gasteiger partial charge in [0.05, 0.1) is 18.3 Å². The molecule has 2 rings (SSSR count). The van der Waals surface area contributed by atoms with Crippen LogP contribution in [0.5, 0.6) is 0 Å². The summed E-state index contributed by atoms with van der Waals surface area (Å²) in [6.07, 6.45) is 4.02. The van der Waals surface area contributed by atoms with E-state index in [1.165, 1.54) is 19.3 Å². The molecule has 7 unspecified atom stereocenters. The van der Waals surface area contributed by atoms with Crippen molar-refractivity contribution >= 4 is 0 Å². The molecule has 0 aromatic carbocycles. The van der Waals surface area contributed by atoms with Crippen molar-refractivity contribution in [3.8, 4) is 0 Å². The molecule has 7 atom stereocenters. The zero-order valence-corrected chi connectivity index (χ0v) is 15.0. The van der Waals surface area contributed by atoms with Gasteiger partial charge in [-0.05, 0) is 44.4 Å². The maximum atomic E-state index is 14.3. The van der Waals surface area contributed by atoms with Crippen LogP contribution in [0.1, 0.15) is 72.1 Å². The van der Waals surface area contributed by atoms with Crippen LogP contribution in [-0.2, 0) is 9.47 Å². The normalized spacial score (nSPS) is 39.0. The van der Waals surface area contributed by atoms with Gasteiger partial charge in [-0.2, -0.15) is 0 Å². The Morgan fingerprint density at radius 2 is 1.91 bits per heavy atom. The summed E-state index contributed by atoms with van der Waals surface area (Å²) in [6.45, 7) is 6.98. The molecular weight excluding hydrogens is 298 g/mol. The second-order valence-electron chi connectivity index (χ2n) is 7.67. The van der Waals surface area contributed by atoms with Gasteiger partial charge in [0.25, 0.3) is 0 Å². The lowest BCUT2D eigenvalue weighted by atomic mass is 9.77. The van der Waals surface area contributed by atoms with Crippen LogP contribution in [0.3, 0.4) is 0 Å². The molecule has 2 aliphatic rings. The fraction of sp³-hybridized carbons (Fsp3) is 1.00. The van der Waals surface area contributed by atoms with Crippen molar-refractivity contribution in [1.82, 2.24) is 0 Å². The summed E-state index contributed by atoms with van der Waals surface area (Å²) in [5.74, 6) is 0.865. The lowest BCUT2D eigenvalue weighted by Gasteiger charge is -2.44. The van der Waals surface area contributed by atoms with Gasteiger partial charge in [0, 0.05) is 6.61 Å². The van der Waals surface area contributed by atoms with E-state index in [1.807, 2.05) is 6.92 Å². The monoisotopic (exact) mass is 332 g/mol. The van der Waals surface area contributed by atoms with E-state index in [-0.39, 0.29) is 12.0 Å². The molecule has 23 heavy (non-hydrogen) atoms. The standard InChI is InChI=1S/C19H34F2O2/c1-4-7-13(2)8-5-6-11-22-16-12-15-10-9-14(3)23-19(15)18(21)17(16)20/h13-19H,4-12H2,1-3H3. The Kier molecular flexibility index (Phi) is 7.74. The van der Waals surface area contributed by atoms with Crippen molar-refractivity contribution < 1.29 is 18.3 Å². The Morgan fingerprint density at radius 3 is 2.65 bits per heavy atom. The van der Waals surface area contributed by atoms with Crippen LogP contribution in [0.4, 0.5) is 8.78 Å². The number of hydrogen-bond acceptors (Lipinski definition) is 2. The van der Waals surface area contributed by atoms with Gasteiger partial charge in [-0.3, -0.25) is 0 Å². The van der Waals surface area contributed by atoms with Gasteiger partial charge in [-0.1, -0.05) is 39.5 Å². The van der Waals surface area contributed by atoms with E-state index < -0.39 is 24.6 Å². The number of ether oxygens (including phenoxy) is 2. The molecule has 1 aliphatic heterocycles. The van der Waals surface area contributed by atoms with E-state index in [0.29, 0.717) is 13.0 Å². The molecule has 0 bridgehead atoms. The molecular formula is C19H34F2O2. The van der Waals surface area contributed by atoms with Crippen molar-refractivity contribution in [1.29, 1.82) is 0 Å². The predicted molar refractivity (Wildman–Crippen MR) is 89.1 cm³/mol. The fourth-order valence-electron chi connectivity index (χ4n) is 4.09. The summed E-state index contributed by atoms with van der Waals surface area (Å²) < 4.78 is 40.0. The molecule has 0 N–H and O–H groups in total. The SMILES string of the molecule is CCCC(C)CCCCOC1CC2CCC(C)OC2C(F)C1F. The van der Waals surface area contributed by atoms with Gasteiger partial charge in [-0.15, -0.1) is 0 Å². The third-order valence-corrected chi connectivity index (χ3v) is 5.51. The van der Waals surface area contributed by atoms with Gasteiger partial charge >= 0.3 is 0 Å². The average Bonchev–Trinajstić information content (AvgIpc) is 2.52. The lowest BCUT2D eigenvalue weighted by Crippen LogP contribution is -2.54. The molecule has 136 valence electrons. The molecule has 0 spiro atoms. The molecule has 4 heteroatoms. The Bertz CT molecular complexity index is 337. The molecule has 1 heterocycles. The quantitative estimate of drug-likeness (QED) is 0.566. The van der Waals surface area contributed by atoms with Crippen LogP contribution in [0, 0.1) is 11.8 Å². The van der Waals surface area contributed by atoms with Crippen LogP contribution in [0.15, 0.2) is 0 Å². The first-order valence-corrected chi connectivity index (χ1v) is 9.58. The van der Waals surface area contributed by atoms with Gasteiger partial charge in [0.2, 0.25) is 0 Å². The third-order valence-electron chi connectivity index (χ3n) is 5.51. The minimum Gasteiger partial charge on any atom is -0.375 e. The van der Waals surface area contributed by atoms with E-state index in [1.54, 1.807) is 0 Å². The van der Waals surface area contributed by atoms with Crippen LogP contribution >= 0.6 is 0 Å². The van der Waals surface area contributed by atoms with Gasteiger partial charge < -0.3 is 9.47 Å². The first kappa shape index (κ1) is 19.1. The number of hydrogen-bond donors (Lipinski definition) is 0. The van der Waals surface area contributed by atoms with Crippen molar-refractivity contribution in [3.05, 3.63) is 0 Å². The van der Waals surface area contributed by atoms with E-state index in [2.05, 4.69) is 13.8 Å². The maximum absolute atomic E-state index is 14.3. The Hall–Kier alpha value is -0.220. The van der Waals surface area contributed by atoms with Gasteiger partial charge in [0.15, 0.2) is 12.3 Å². The highest BCUT2D eigenvalue weighted by Gasteiger charge is 2.48. The zero-order chi connectivity index (χ0) is 16.8. The fourth-order valence-corrected chi connectivity index (χ4v) is 4.09. The molecule has 2 fully saturated rings. The van der Waals surface area contributed by atoms with Crippen LogP contribution in [-0.4, -0.2) is 37.3 Å². The van der Waals surface area contributed by atoms with Gasteiger partial charge in [-0.25, -0.2) is 8.78 Å². The van der Waals surface area contributed by atoms with Crippen LogP contribution in [0.2, 0.25) is 0 Å². The van der Waals surface area contributed by atoms with E-state index in [0.717, 1.165) is 31.6 Å². The average molecular weight is 332 g/mol. The molecule has 0 amide bonds. The Labute approximate surface area is 140 Å². The van der Waals surface area contributed by atoms with Crippen molar-refractivity contribution in [2.24, 2.45) is 11.8 Å².